The molecular formula is C19H24F3N3O. The average molecular weight is 367 g/mol. The fraction of sp³-hybridized carbons (Fsp3) is 0.474. The molecule has 0 fully saturated rings. The van der Waals surface area contributed by atoms with Gasteiger partial charge in [-0.3, -0.25) is 4.98 Å². The molecule has 4 nitrogen and oxygen atoms in total. The molecule has 0 aliphatic carbocycles. The minimum absolute atomic E-state index is 0.0673. The molecule has 2 aromatic rings. The van der Waals surface area contributed by atoms with Gasteiger partial charge < -0.3 is 10.5 Å². The predicted octanol–water partition coefficient (Wildman–Crippen LogP) is 4.48. The fourth-order valence-corrected chi connectivity index (χ4v) is 2.86. The van der Waals surface area contributed by atoms with E-state index in [0.29, 0.717) is 23.2 Å². The molecule has 0 aromatic carbocycles. The van der Waals surface area contributed by atoms with Gasteiger partial charge in [0, 0.05) is 18.0 Å². The highest BCUT2D eigenvalue weighted by Gasteiger charge is 2.29. The zero-order valence-corrected chi connectivity index (χ0v) is 15.2. The van der Waals surface area contributed by atoms with Crippen LogP contribution < -0.4 is 10.5 Å². The minimum Gasteiger partial charge on any atom is -0.489 e. The first-order valence-electron chi connectivity index (χ1n) is 8.43. The Kier molecular flexibility index (Phi) is 6.58. The van der Waals surface area contributed by atoms with Crippen LogP contribution in [0.1, 0.15) is 38.0 Å². The molecule has 2 aromatic heterocycles. The molecule has 0 radical (unpaired) electrons. The molecule has 1 atom stereocenters. The summed E-state index contributed by atoms with van der Waals surface area (Å²) in [5.74, 6) is 0.0881. The van der Waals surface area contributed by atoms with Gasteiger partial charge in [-0.1, -0.05) is 13.8 Å². The lowest BCUT2D eigenvalue weighted by atomic mass is 9.92. The Bertz CT molecular complexity index is 725. The number of ether oxygens (including phenoxy) is 1. The molecule has 0 amide bonds. The lowest BCUT2D eigenvalue weighted by Crippen LogP contribution is -2.49. The Morgan fingerprint density at radius 3 is 2.42 bits per heavy atom. The van der Waals surface area contributed by atoms with Crippen LogP contribution in [0.5, 0.6) is 5.75 Å². The van der Waals surface area contributed by atoms with Gasteiger partial charge in [-0.25, -0.2) is 18.2 Å². The number of nitrogens with zero attached hydrogens (tertiary/aromatic N) is 2. The van der Waals surface area contributed by atoms with Crippen molar-refractivity contribution in [2.45, 2.75) is 39.2 Å². The number of aromatic nitrogens is 2. The molecule has 142 valence electrons. The first kappa shape index (κ1) is 20.2. The van der Waals surface area contributed by atoms with Gasteiger partial charge in [0.05, 0.1) is 11.2 Å². The molecule has 26 heavy (non-hydrogen) atoms. The highest BCUT2D eigenvalue weighted by molar-refractivity contribution is 5.63. The van der Waals surface area contributed by atoms with Gasteiger partial charge in [0.2, 0.25) is 0 Å². The summed E-state index contributed by atoms with van der Waals surface area (Å²) in [5.41, 5.74) is 6.10. The Balaban J connectivity index is 2.33. The van der Waals surface area contributed by atoms with E-state index in [2.05, 4.69) is 9.97 Å². The molecule has 2 rings (SSSR count). The van der Waals surface area contributed by atoms with E-state index in [1.165, 1.54) is 6.07 Å². The van der Waals surface area contributed by atoms with Crippen LogP contribution in [-0.2, 0) is 0 Å². The number of aryl methyl sites for hydroxylation is 1. The van der Waals surface area contributed by atoms with Crippen molar-refractivity contribution in [1.29, 1.82) is 0 Å². The summed E-state index contributed by atoms with van der Waals surface area (Å²) in [4.78, 5) is 8.01. The largest absolute Gasteiger partial charge is 0.489 e. The van der Waals surface area contributed by atoms with E-state index in [1.54, 1.807) is 31.5 Å². The number of pyridine rings is 2. The van der Waals surface area contributed by atoms with Crippen molar-refractivity contribution in [1.82, 2.24) is 9.97 Å². The van der Waals surface area contributed by atoms with Crippen molar-refractivity contribution >= 4 is 0 Å². The summed E-state index contributed by atoms with van der Waals surface area (Å²) in [6.45, 7) is 4.59. The highest BCUT2D eigenvalue weighted by atomic mass is 19.3. The Labute approximate surface area is 151 Å². The second-order valence-electron chi connectivity index (χ2n) is 6.96. The maximum Gasteiger partial charge on any atom is 0.284 e. The highest BCUT2D eigenvalue weighted by Crippen LogP contribution is 2.33. The average Bonchev–Trinajstić information content (AvgIpc) is 2.60. The third kappa shape index (κ3) is 4.94. The van der Waals surface area contributed by atoms with Crippen molar-refractivity contribution in [2.24, 2.45) is 11.7 Å². The van der Waals surface area contributed by atoms with Crippen LogP contribution >= 0.6 is 0 Å². The summed E-state index contributed by atoms with van der Waals surface area (Å²) in [6.07, 6.45) is 0.695. The number of halogens is 3. The molecule has 0 aliphatic rings. The van der Waals surface area contributed by atoms with E-state index in [-0.39, 0.29) is 18.3 Å². The second-order valence-corrected chi connectivity index (χ2v) is 6.96. The van der Waals surface area contributed by atoms with Gasteiger partial charge in [0.15, 0.2) is 0 Å². The summed E-state index contributed by atoms with van der Waals surface area (Å²) in [6, 6.07) is 4.89. The predicted molar refractivity (Wildman–Crippen MR) is 95.0 cm³/mol. The van der Waals surface area contributed by atoms with Crippen molar-refractivity contribution in [3.05, 3.63) is 41.9 Å². The number of nitrogens with two attached hydrogens (primary N) is 1. The van der Waals surface area contributed by atoms with Gasteiger partial charge in [0.1, 0.15) is 24.7 Å². The van der Waals surface area contributed by atoms with Gasteiger partial charge in [-0.05, 0) is 43.0 Å². The van der Waals surface area contributed by atoms with E-state index in [4.69, 9.17) is 10.5 Å². The summed E-state index contributed by atoms with van der Waals surface area (Å²) >= 11 is 0. The second kappa shape index (κ2) is 8.49. The molecule has 0 saturated carbocycles. The van der Waals surface area contributed by atoms with Gasteiger partial charge >= 0.3 is 0 Å². The zero-order chi connectivity index (χ0) is 19.3. The first-order chi connectivity index (χ1) is 12.3. The molecule has 2 heterocycles. The smallest absolute Gasteiger partial charge is 0.284 e. The van der Waals surface area contributed by atoms with Crippen LogP contribution in [0, 0.1) is 12.8 Å². The minimum atomic E-state index is -2.83. The molecule has 0 spiro atoms. The first-order valence-corrected chi connectivity index (χ1v) is 8.43. The third-order valence-electron chi connectivity index (χ3n) is 3.96. The van der Waals surface area contributed by atoms with Crippen LogP contribution in [0.2, 0.25) is 0 Å². The summed E-state index contributed by atoms with van der Waals surface area (Å²) in [7, 11) is 0. The van der Waals surface area contributed by atoms with Crippen LogP contribution in [0.3, 0.4) is 0 Å². The van der Waals surface area contributed by atoms with Crippen molar-refractivity contribution < 1.29 is 17.9 Å². The van der Waals surface area contributed by atoms with Gasteiger partial charge in [0.25, 0.3) is 6.43 Å². The molecule has 0 unspecified atom stereocenters. The third-order valence-corrected chi connectivity index (χ3v) is 3.96. The lowest BCUT2D eigenvalue weighted by Gasteiger charge is -2.28. The van der Waals surface area contributed by atoms with Gasteiger partial charge in [-0.15, -0.1) is 0 Å². The van der Waals surface area contributed by atoms with E-state index in [0.717, 1.165) is 0 Å². The maximum absolute atomic E-state index is 13.5. The monoisotopic (exact) mass is 367 g/mol. The van der Waals surface area contributed by atoms with Crippen molar-refractivity contribution in [3.8, 4) is 17.0 Å². The van der Waals surface area contributed by atoms with Crippen LogP contribution in [-0.4, -0.2) is 28.8 Å². The van der Waals surface area contributed by atoms with E-state index in [9.17, 15) is 13.2 Å². The fourth-order valence-electron chi connectivity index (χ4n) is 2.86. The van der Waals surface area contributed by atoms with Crippen molar-refractivity contribution in [3.63, 3.8) is 0 Å². The Hall–Kier alpha value is -2.15. The van der Waals surface area contributed by atoms with Crippen LogP contribution in [0.4, 0.5) is 13.2 Å². The van der Waals surface area contributed by atoms with E-state index in [1.807, 2.05) is 13.8 Å². The Morgan fingerprint density at radius 2 is 1.88 bits per heavy atom. The quantitative estimate of drug-likeness (QED) is 0.747. The van der Waals surface area contributed by atoms with E-state index >= 15 is 0 Å². The lowest BCUT2D eigenvalue weighted by molar-refractivity contribution is 0.127. The molecule has 7 heteroatoms. The maximum atomic E-state index is 13.5. The number of alkyl halides is 3. The molecule has 0 bridgehead atoms. The topological polar surface area (TPSA) is 61.0 Å². The molecule has 2 N–H and O–H groups in total. The van der Waals surface area contributed by atoms with Gasteiger partial charge in [-0.2, -0.15) is 0 Å². The molecule has 0 aliphatic heterocycles. The van der Waals surface area contributed by atoms with Crippen LogP contribution in [0.25, 0.3) is 11.3 Å². The number of hydrogen-bond donors (Lipinski definition) is 1. The number of rotatable bonds is 8. The molecule has 0 saturated heterocycles. The Morgan fingerprint density at radius 1 is 1.23 bits per heavy atom. The zero-order valence-electron chi connectivity index (χ0n) is 15.2. The number of hydrogen-bond acceptors (Lipinski definition) is 4. The summed E-state index contributed by atoms with van der Waals surface area (Å²) < 4.78 is 45.9. The van der Waals surface area contributed by atoms with Crippen molar-refractivity contribution in [2.75, 3.05) is 13.3 Å². The normalized spacial score (nSPS) is 13.9. The van der Waals surface area contributed by atoms with E-state index < -0.39 is 24.3 Å². The SMILES string of the molecule is Cc1cc(OC[C@](N)(CF)CC(C)C)c(C(F)F)nc1-c1ccncc1. The standard InChI is InChI=1S/C19H24F3N3O/c1-12(2)9-19(23,10-20)11-26-15-8-13(3)16(25-17(15)18(21)22)14-4-6-24-7-5-14/h4-8,12,18H,9-11,23H2,1-3H3/t19-/m1/s1. The van der Waals surface area contributed by atoms with Crippen LogP contribution in [0.15, 0.2) is 30.6 Å². The summed E-state index contributed by atoms with van der Waals surface area (Å²) in [5, 5.41) is 0. The molecular weight excluding hydrogens is 343 g/mol.